The normalized spacial score (nSPS) is 17.0. The maximum atomic E-state index is 14.8. The Morgan fingerprint density at radius 1 is 1.24 bits per heavy atom. The zero-order valence-corrected chi connectivity index (χ0v) is 20.8. The van der Waals surface area contributed by atoms with Gasteiger partial charge in [-0.2, -0.15) is 5.10 Å². The van der Waals surface area contributed by atoms with Gasteiger partial charge >= 0.3 is 0 Å². The second-order valence-electron chi connectivity index (χ2n) is 9.94. The summed E-state index contributed by atoms with van der Waals surface area (Å²) in [6.07, 6.45) is 1.77. The van der Waals surface area contributed by atoms with Gasteiger partial charge in [0.1, 0.15) is 11.9 Å². The van der Waals surface area contributed by atoms with Crippen LogP contribution < -0.4 is 15.8 Å². The molecule has 2 atom stereocenters. The van der Waals surface area contributed by atoms with E-state index in [1.165, 1.54) is 6.07 Å². The van der Waals surface area contributed by atoms with Gasteiger partial charge in [0.15, 0.2) is 5.78 Å². The second-order valence-corrected chi connectivity index (χ2v) is 15.0. The average molecular weight is 481 g/mol. The standard InChI is InChI=1S/C25H29FN4O3Si/c1-30-20-7-6-16(11-17(20)14-28-30)24(29-25(33)18-12-23(32)27-13-18)21(31)10-15-5-8-22(19(26)9-15)34(2,3)4/h5-9,11,14,18,24H,10,12-13H2,1-4H3,(H,27,32)(H,29,33)/t18-,24+/m0/s1. The molecule has 0 radical (unpaired) electrons. The molecule has 2 heterocycles. The fourth-order valence-electron chi connectivity index (χ4n) is 4.34. The zero-order valence-electron chi connectivity index (χ0n) is 19.8. The molecule has 0 aliphatic carbocycles. The van der Waals surface area contributed by atoms with Gasteiger partial charge in [0.05, 0.1) is 25.7 Å². The fraction of sp³-hybridized carbons (Fsp3) is 0.360. The quantitative estimate of drug-likeness (QED) is 0.508. The molecule has 0 unspecified atom stereocenters. The number of carbonyl (C=O) groups excluding carboxylic acids is 3. The van der Waals surface area contributed by atoms with Crippen molar-refractivity contribution in [2.45, 2.75) is 38.5 Å². The predicted octanol–water partition coefficient (Wildman–Crippen LogP) is 2.36. The molecule has 3 aromatic rings. The van der Waals surface area contributed by atoms with E-state index in [0.717, 1.165) is 10.9 Å². The van der Waals surface area contributed by atoms with E-state index in [2.05, 4.69) is 35.4 Å². The molecule has 1 aliphatic heterocycles. The number of hydrogen-bond donors (Lipinski definition) is 2. The molecule has 0 saturated carbocycles. The van der Waals surface area contributed by atoms with Crippen molar-refractivity contribution in [1.82, 2.24) is 20.4 Å². The number of nitrogens with one attached hydrogen (secondary N) is 2. The van der Waals surface area contributed by atoms with Crippen molar-refractivity contribution < 1.29 is 18.8 Å². The first-order chi connectivity index (χ1) is 16.0. The number of amides is 2. The van der Waals surface area contributed by atoms with Gasteiger partial charge < -0.3 is 10.6 Å². The number of carbonyl (C=O) groups is 3. The molecule has 1 fully saturated rings. The highest BCUT2D eigenvalue weighted by Gasteiger charge is 2.32. The lowest BCUT2D eigenvalue weighted by atomic mass is 9.95. The van der Waals surface area contributed by atoms with Crippen LogP contribution in [-0.4, -0.2) is 42.0 Å². The Kier molecular flexibility index (Phi) is 6.40. The number of ketones is 1. The molecule has 1 saturated heterocycles. The Hall–Kier alpha value is -3.33. The summed E-state index contributed by atoms with van der Waals surface area (Å²) in [6.45, 7) is 6.45. The Bertz CT molecular complexity index is 1280. The number of aromatic nitrogens is 2. The van der Waals surface area contributed by atoms with E-state index in [4.69, 9.17) is 0 Å². The number of fused-ring (bicyclic) bond motifs is 1. The third-order valence-electron chi connectivity index (χ3n) is 6.28. The summed E-state index contributed by atoms with van der Waals surface area (Å²) in [7, 11) is -0.0117. The third-order valence-corrected chi connectivity index (χ3v) is 8.30. The van der Waals surface area contributed by atoms with Gasteiger partial charge in [-0.05, 0) is 34.5 Å². The maximum absolute atomic E-state index is 14.8. The molecule has 178 valence electrons. The average Bonchev–Trinajstić information content (AvgIpc) is 3.36. The molecule has 2 N–H and O–H groups in total. The van der Waals surface area contributed by atoms with Crippen LogP contribution in [0.2, 0.25) is 19.6 Å². The van der Waals surface area contributed by atoms with Gasteiger partial charge in [0.2, 0.25) is 11.8 Å². The summed E-state index contributed by atoms with van der Waals surface area (Å²) in [4.78, 5) is 37.9. The zero-order chi connectivity index (χ0) is 24.6. The van der Waals surface area contributed by atoms with Crippen LogP contribution in [0, 0.1) is 11.7 Å². The molecule has 0 bridgehead atoms. The van der Waals surface area contributed by atoms with E-state index in [0.29, 0.717) is 16.3 Å². The number of aryl methyl sites for hydroxylation is 1. The molecule has 1 aliphatic rings. The first kappa shape index (κ1) is 23.8. The van der Waals surface area contributed by atoms with Crippen LogP contribution in [0.1, 0.15) is 23.6 Å². The number of Topliss-reactive ketones (excluding diaryl/α,β-unsaturated/α-hetero) is 1. The van der Waals surface area contributed by atoms with Gasteiger partial charge in [0.25, 0.3) is 0 Å². The van der Waals surface area contributed by atoms with Crippen LogP contribution in [0.3, 0.4) is 0 Å². The van der Waals surface area contributed by atoms with Crippen LogP contribution in [0.15, 0.2) is 42.6 Å². The van der Waals surface area contributed by atoms with E-state index in [9.17, 15) is 18.8 Å². The van der Waals surface area contributed by atoms with E-state index in [-0.39, 0.29) is 42.8 Å². The maximum Gasteiger partial charge on any atom is 0.226 e. The third kappa shape index (κ3) is 4.94. The summed E-state index contributed by atoms with van der Waals surface area (Å²) in [5.74, 6) is -1.62. The molecule has 0 spiro atoms. The van der Waals surface area contributed by atoms with Crippen molar-refractivity contribution in [1.29, 1.82) is 0 Å². The first-order valence-electron chi connectivity index (χ1n) is 11.3. The molecule has 2 amide bonds. The summed E-state index contributed by atoms with van der Waals surface area (Å²) < 4.78 is 16.5. The van der Waals surface area contributed by atoms with Crippen LogP contribution in [0.25, 0.3) is 10.9 Å². The van der Waals surface area contributed by atoms with E-state index in [1.807, 2.05) is 19.2 Å². The summed E-state index contributed by atoms with van der Waals surface area (Å²) in [6, 6.07) is 9.54. The highest BCUT2D eigenvalue weighted by atomic mass is 28.3. The smallest absolute Gasteiger partial charge is 0.226 e. The van der Waals surface area contributed by atoms with Gasteiger partial charge in [-0.3, -0.25) is 19.1 Å². The van der Waals surface area contributed by atoms with Crippen molar-refractivity contribution in [2.75, 3.05) is 6.54 Å². The van der Waals surface area contributed by atoms with Crippen molar-refractivity contribution in [2.24, 2.45) is 13.0 Å². The van der Waals surface area contributed by atoms with Crippen molar-refractivity contribution >= 4 is 41.8 Å². The summed E-state index contributed by atoms with van der Waals surface area (Å²) in [5.41, 5.74) is 2.08. The highest BCUT2D eigenvalue weighted by Crippen LogP contribution is 2.23. The van der Waals surface area contributed by atoms with Gasteiger partial charge in [-0.1, -0.05) is 37.8 Å². The van der Waals surface area contributed by atoms with E-state index < -0.39 is 20.0 Å². The van der Waals surface area contributed by atoms with Crippen LogP contribution in [0.4, 0.5) is 4.39 Å². The monoisotopic (exact) mass is 480 g/mol. The van der Waals surface area contributed by atoms with Gasteiger partial charge in [-0.15, -0.1) is 0 Å². The molecular formula is C25H29FN4O3Si. The minimum Gasteiger partial charge on any atom is -0.355 e. The van der Waals surface area contributed by atoms with Crippen molar-refractivity contribution in [3.05, 3.63) is 59.5 Å². The molecule has 34 heavy (non-hydrogen) atoms. The number of halogens is 1. The Morgan fingerprint density at radius 3 is 2.65 bits per heavy atom. The lowest BCUT2D eigenvalue weighted by Crippen LogP contribution is -2.40. The molecule has 2 aromatic carbocycles. The molecule has 1 aromatic heterocycles. The fourth-order valence-corrected chi connectivity index (χ4v) is 5.71. The first-order valence-corrected chi connectivity index (χ1v) is 14.8. The molecule has 7 nitrogen and oxygen atoms in total. The Balaban J connectivity index is 1.62. The number of hydrogen-bond acceptors (Lipinski definition) is 4. The number of rotatable bonds is 7. The van der Waals surface area contributed by atoms with E-state index >= 15 is 0 Å². The lowest BCUT2D eigenvalue weighted by Gasteiger charge is -2.21. The Labute approximate surface area is 198 Å². The number of benzene rings is 2. The number of nitrogens with zero attached hydrogens (tertiary/aromatic N) is 2. The molecule has 4 rings (SSSR count). The highest BCUT2D eigenvalue weighted by molar-refractivity contribution is 6.88. The van der Waals surface area contributed by atoms with Gasteiger partial charge in [-0.25, -0.2) is 4.39 Å². The minimum atomic E-state index is -1.84. The minimum absolute atomic E-state index is 0.0270. The van der Waals surface area contributed by atoms with Crippen LogP contribution in [0.5, 0.6) is 0 Å². The van der Waals surface area contributed by atoms with Crippen molar-refractivity contribution in [3.8, 4) is 0 Å². The van der Waals surface area contributed by atoms with Crippen molar-refractivity contribution in [3.63, 3.8) is 0 Å². The lowest BCUT2D eigenvalue weighted by molar-refractivity contribution is -0.130. The van der Waals surface area contributed by atoms with Gasteiger partial charge in [0, 0.05) is 31.8 Å². The summed E-state index contributed by atoms with van der Waals surface area (Å²) in [5, 5.41) is 11.3. The van der Waals surface area contributed by atoms with E-state index in [1.54, 1.807) is 29.1 Å². The van der Waals surface area contributed by atoms with Crippen LogP contribution >= 0.6 is 0 Å². The molecular weight excluding hydrogens is 451 g/mol. The summed E-state index contributed by atoms with van der Waals surface area (Å²) >= 11 is 0. The topological polar surface area (TPSA) is 93.1 Å². The molecule has 9 heteroatoms. The predicted molar refractivity (Wildman–Crippen MR) is 131 cm³/mol. The Morgan fingerprint density at radius 2 is 2.00 bits per heavy atom. The largest absolute Gasteiger partial charge is 0.355 e. The van der Waals surface area contributed by atoms with Crippen LogP contribution in [-0.2, 0) is 27.9 Å². The second kappa shape index (κ2) is 9.13. The SMILES string of the molecule is Cn1ncc2cc([C@@H](NC(=O)[C@@H]3CNC(=O)C3)C(=O)Cc3ccc([Si](C)(C)C)c(F)c3)ccc21.